The van der Waals surface area contributed by atoms with Gasteiger partial charge in [-0.2, -0.15) is 0 Å². The van der Waals surface area contributed by atoms with Gasteiger partial charge in [-0.15, -0.1) is 0 Å². The number of nitrogens with zero attached hydrogens (tertiary/aromatic N) is 2. The quantitative estimate of drug-likeness (QED) is 0.489. The molecule has 2 N–H and O–H groups in total. The number of nitro groups is 1. The van der Waals surface area contributed by atoms with E-state index in [1.807, 2.05) is 13.8 Å². The second kappa shape index (κ2) is 5.28. The number of nitrogens with one attached hydrogen (secondary N) is 1. The van der Waals surface area contributed by atoms with Gasteiger partial charge in [0, 0.05) is 17.5 Å². The van der Waals surface area contributed by atoms with Gasteiger partial charge < -0.3 is 15.2 Å². The molecule has 2 rings (SSSR count). The van der Waals surface area contributed by atoms with Gasteiger partial charge in [0.2, 0.25) is 5.82 Å². The van der Waals surface area contributed by atoms with E-state index in [4.69, 9.17) is 0 Å². The number of rotatable bonds is 4. The van der Waals surface area contributed by atoms with E-state index < -0.39 is 22.4 Å². The van der Waals surface area contributed by atoms with Crippen molar-refractivity contribution in [2.75, 3.05) is 12.4 Å². The lowest BCUT2D eigenvalue weighted by molar-refractivity contribution is -0.384. The van der Waals surface area contributed by atoms with Crippen molar-refractivity contribution in [3.8, 4) is 0 Å². The fourth-order valence-electron chi connectivity index (χ4n) is 2.24. The molecule has 0 saturated heterocycles. The van der Waals surface area contributed by atoms with Crippen LogP contribution in [0.2, 0.25) is 0 Å². The van der Waals surface area contributed by atoms with Gasteiger partial charge in [-0.25, -0.2) is 9.78 Å². The third-order valence-electron chi connectivity index (χ3n) is 3.99. The predicted octanol–water partition coefficient (Wildman–Crippen LogP) is 1.35. The van der Waals surface area contributed by atoms with Crippen molar-refractivity contribution in [1.82, 2.24) is 4.98 Å². The van der Waals surface area contributed by atoms with E-state index in [1.165, 1.54) is 19.2 Å². The van der Waals surface area contributed by atoms with Crippen molar-refractivity contribution in [2.24, 2.45) is 5.41 Å². The van der Waals surface area contributed by atoms with Crippen molar-refractivity contribution < 1.29 is 19.6 Å². The van der Waals surface area contributed by atoms with Crippen LogP contribution in [0.1, 0.15) is 30.8 Å². The number of hydrogen-bond donors (Lipinski definition) is 2. The van der Waals surface area contributed by atoms with Crippen LogP contribution >= 0.6 is 0 Å². The topological polar surface area (TPSA) is 115 Å². The maximum atomic E-state index is 11.5. The molecule has 0 bridgehead atoms. The van der Waals surface area contributed by atoms with Crippen LogP contribution in [0.15, 0.2) is 12.1 Å². The van der Waals surface area contributed by atoms with Gasteiger partial charge in [0.1, 0.15) is 0 Å². The zero-order valence-electron chi connectivity index (χ0n) is 12.0. The molecule has 1 fully saturated rings. The summed E-state index contributed by atoms with van der Waals surface area (Å²) in [5.41, 5.74) is -0.653. The van der Waals surface area contributed by atoms with Gasteiger partial charge in [0.05, 0.1) is 18.1 Å². The molecule has 8 heteroatoms. The molecule has 1 aromatic heterocycles. The van der Waals surface area contributed by atoms with Crippen molar-refractivity contribution >= 4 is 17.5 Å². The normalized spacial score (nSPS) is 23.0. The van der Waals surface area contributed by atoms with Gasteiger partial charge in [0.25, 0.3) is 0 Å². The first-order valence-electron chi connectivity index (χ1n) is 6.45. The molecule has 21 heavy (non-hydrogen) atoms. The fraction of sp³-hybridized carbons (Fsp3) is 0.538. The van der Waals surface area contributed by atoms with E-state index in [2.05, 4.69) is 15.0 Å². The van der Waals surface area contributed by atoms with Gasteiger partial charge in [0.15, 0.2) is 5.69 Å². The summed E-state index contributed by atoms with van der Waals surface area (Å²) in [5, 5.41) is 23.7. The summed E-state index contributed by atoms with van der Waals surface area (Å²) in [4.78, 5) is 25.9. The van der Waals surface area contributed by atoms with E-state index in [9.17, 15) is 20.0 Å². The molecule has 1 heterocycles. The number of hydrogen-bond acceptors (Lipinski definition) is 7. The van der Waals surface area contributed by atoms with Crippen LogP contribution in [-0.4, -0.2) is 40.2 Å². The highest BCUT2D eigenvalue weighted by atomic mass is 16.6. The Hall–Kier alpha value is -2.22. The number of ether oxygens (including phenoxy) is 1. The number of methoxy groups -OCH3 is 1. The predicted molar refractivity (Wildman–Crippen MR) is 74.0 cm³/mol. The monoisotopic (exact) mass is 295 g/mol. The molecule has 1 aliphatic rings. The molecule has 2 atom stereocenters. The lowest BCUT2D eigenvalue weighted by Crippen LogP contribution is -2.57. The summed E-state index contributed by atoms with van der Waals surface area (Å²) in [6, 6.07) is 2.30. The lowest BCUT2D eigenvalue weighted by Gasteiger charge is -2.49. The minimum Gasteiger partial charge on any atom is -0.464 e. The summed E-state index contributed by atoms with van der Waals surface area (Å²) in [6.45, 7) is 3.71. The van der Waals surface area contributed by atoms with Crippen LogP contribution in [0.5, 0.6) is 0 Å². The van der Waals surface area contributed by atoms with Crippen LogP contribution in [0.3, 0.4) is 0 Å². The van der Waals surface area contributed by atoms with Crippen molar-refractivity contribution in [2.45, 2.75) is 32.4 Å². The van der Waals surface area contributed by atoms with Crippen LogP contribution in [-0.2, 0) is 4.74 Å². The summed E-state index contributed by atoms with van der Waals surface area (Å²) >= 11 is 0. The Bertz CT molecular complexity index is 587. The molecule has 0 aromatic carbocycles. The standard InChI is InChI=1S/C13H17N3O5/c1-13(2)9(6-10(13)17)15-11-8(16(19)20)5-4-7(14-11)12(18)21-3/h4-5,9-10,17H,6H2,1-3H3,(H,14,15). The molecule has 1 saturated carbocycles. The molecular weight excluding hydrogens is 278 g/mol. The lowest BCUT2D eigenvalue weighted by atomic mass is 9.64. The largest absolute Gasteiger partial charge is 0.464 e. The zero-order valence-corrected chi connectivity index (χ0v) is 12.0. The molecule has 0 spiro atoms. The molecule has 0 radical (unpaired) electrons. The maximum absolute atomic E-state index is 11.5. The molecule has 1 aromatic rings. The van der Waals surface area contributed by atoms with Crippen LogP contribution in [0.4, 0.5) is 11.5 Å². The Kier molecular flexibility index (Phi) is 3.82. The Morgan fingerprint density at radius 3 is 2.71 bits per heavy atom. The number of aliphatic hydroxyl groups is 1. The van der Waals surface area contributed by atoms with E-state index in [0.717, 1.165) is 0 Å². The summed E-state index contributed by atoms with van der Waals surface area (Å²) in [7, 11) is 1.21. The van der Waals surface area contributed by atoms with Gasteiger partial charge in [-0.05, 0) is 12.5 Å². The average Bonchev–Trinajstić information content (AvgIpc) is 2.45. The first-order chi connectivity index (χ1) is 9.77. The number of pyridine rings is 1. The number of esters is 1. The fourth-order valence-corrected chi connectivity index (χ4v) is 2.24. The third kappa shape index (κ3) is 2.66. The van der Waals surface area contributed by atoms with Crippen molar-refractivity contribution in [3.05, 3.63) is 27.9 Å². The molecular formula is C13H17N3O5. The number of aliphatic hydroxyl groups excluding tert-OH is 1. The van der Waals surface area contributed by atoms with E-state index in [1.54, 1.807) is 0 Å². The molecule has 2 unspecified atom stereocenters. The second-order valence-electron chi connectivity index (χ2n) is 5.58. The van der Waals surface area contributed by atoms with Crippen LogP contribution in [0, 0.1) is 15.5 Å². The second-order valence-corrected chi connectivity index (χ2v) is 5.58. The first-order valence-corrected chi connectivity index (χ1v) is 6.45. The van der Waals surface area contributed by atoms with Gasteiger partial charge in [-0.3, -0.25) is 10.1 Å². The Morgan fingerprint density at radius 2 is 2.24 bits per heavy atom. The number of aromatic nitrogens is 1. The molecule has 0 amide bonds. The summed E-state index contributed by atoms with van der Waals surface area (Å²) < 4.78 is 4.56. The zero-order chi connectivity index (χ0) is 15.8. The first kappa shape index (κ1) is 15.2. The Morgan fingerprint density at radius 1 is 1.57 bits per heavy atom. The van der Waals surface area contributed by atoms with Crippen molar-refractivity contribution in [1.29, 1.82) is 0 Å². The third-order valence-corrected chi connectivity index (χ3v) is 3.99. The minimum absolute atomic E-state index is 0.00729. The summed E-state index contributed by atoms with van der Waals surface area (Å²) in [5.74, 6) is -0.659. The maximum Gasteiger partial charge on any atom is 0.356 e. The molecule has 0 aliphatic heterocycles. The smallest absolute Gasteiger partial charge is 0.356 e. The Balaban J connectivity index is 2.31. The molecule has 1 aliphatic carbocycles. The molecule has 8 nitrogen and oxygen atoms in total. The summed E-state index contributed by atoms with van der Waals surface area (Å²) in [6.07, 6.45) is -0.00766. The van der Waals surface area contributed by atoms with Gasteiger partial charge >= 0.3 is 11.7 Å². The van der Waals surface area contributed by atoms with Gasteiger partial charge in [-0.1, -0.05) is 13.8 Å². The van der Waals surface area contributed by atoms with E-state index in [0.29, 0.717) is 6.42 Å². The average molecular weight is 295 g/mol. The highest BCUT2D eigenvalue weighted by Crippen LogP contribution is 2.42. The van der Waals surface area contributed by atoms with E-state index >= 15 is 0 Å². The highest BCUT2D eigenvalue weighted by Gasteiger charge is 2.48. The van der Waals surface area contributed by atoms with Crippen molar-refractivity contribution in [3.63, 3.8) is 0 Å². The van der Waals surface area contributed by atoms with Crippen LogP contribution < -0.4 is 5.32 Å². The minimum atomic E-state index is -0.666. The molecule has 114 valence electrons. The van der Waals surface area contributed by atoms with Crippen LogP contribution in [0.25, 0.3) is 0 Å². The number of anilines is 1. The van der Waals surface area contributed by atoms with E-state index in [-0.39, 0.29) is 23.2 Å². The SMILES string of the molecule is COC(=O)c1ccc([N+](=O)[O-])c(NC2CC(O)C2(C)C)n1. The highest BCUT2D eigenvalue weighted by molar-refractivity contribution is 5.88. The Labute approximate surface area is 121 Å². The number of carbonyl (C=O) groups excluding carboxylic acids is 1. The number of carbonyl (C=O) groups is 1.